The summed E-state index contributed by atoms with van der Waals surface area (Å²) < 4.78 is 4.67. The zero-order chi connectivity index (χ0) is 13.1. The number of hydrogen-bond acceptors (Lipinski definition) is 3. The van der Waals surface area contributed by atoms with E-state index in [1.807, 2.05) is 0 Å². The van der Waals surface area contributed by atoms with Crippen LogP contribution < -0.4 is 5.32 Å². The third-order valence-electron chi connectivity index (χ3n) is 1.79. The maximum Gasteiger partial charge on any atom is 0.414 e. The molecule has 0 spiro atoms. The Kier molecular flexibility index (Phi) is 4.40. The molecule has 6 heteroatoms. The molecule has 1 unspecified atom stereocenters. The zero-order valence-electron chi connectivity index (χ0n) is 9.04. The van der Waals surface area contributed by atoms with Gasteiger partial charge in [-0.25, -0.2) is 4.79 Å². The van der Waals surface area contributed by atoms with Gasteiger partial charge in [-0.3, -0.25) is 5.32 Å². The highest BCUT2D eigenvalue weighted by Gasteiger charge is 2.20. The maximum absolute atomic E-state index is 11.4. The monoisotopic (exact) mass is 275 g/mol. The van der Waals surface area contributed by atoms with Gasteiger partial charge in [0.15, 0.2) is 0 Å². The first kappa shape index (κ1) is 13.8. The fourth-order valence-electron chi connectivity index (χ4n) is 0.999. The number of aliphatic hydroxyl groups is 1. The van der Waals surface area contributed by atoms with Crippen LogP contribution in [-0.4, -0.2) is 17.0 Å². The van der Waals surface area contributed by atoms with Gasteiger partial charge in [0.1, 0.15) is 0 Å². The zero-order valence-corrected chi connectivity index (χ0v) is 10.5. The lowest BCUT2D eigenvalue weighted by molar-refractivity contribution is -0.102. The minimum atomic E-state index is -1.73. The Bertz CT molecular complexity index is 426. The highest BCUT2D eigenvalue weighted by molar-refractivity contribution is 6.35. The predicted octanol–water partition coefficient (Wildman–Crippen LogP) is 3.44. The molecule has 0 aliphatic heterocycles. The molecule has 0 bridgehead atoms. The summed E-state index contributed by atoms with van der Waals surface area (Å²) >= 11 is 11.5. The smallest absolute Gasteiger partial charge is 0.413 e. The van der Waals surface area contributed by atoms with Gasteiger partial charge >= 0.3 is 6.09 Å². The van der Waals surface area contributed by atoms with Gasteiger partial charge in [-0.1, -0.05) is 29.8 Å². The van der Waals surface area contributed by atoms with Crippen molar-refractivity contribution in [3.8, 4) is 0 Å². The number of amides is 1. The Morgan fingerprint density at radius 2 is 2.00 bits per heavy atom. The standard InChI is InChI=1S/C11H11Cl2NO3/c1-3-11(2,16)17-10(15)14-9-5-7(12)4-8(13)6-9/h3-6,16H,1H2,2H3,(H,14,15). The minimum absolute atomic E-state index is 0.368. The number of hydrogen-bond donors (Lipinski definition) is 2. The molecule has 1 aromatic rings. The molecule has 0 aliphatic carbocycles. The number of rotatable bonds is 3. The van der Waals surface area contributed by atoms with E-state index < -0.39 is 11.9 Å². The van der Waals surface area contributed by atoms with Crippen LogP contribution in [0.1, 0.15) is 6.92 Å². The molecule has 1 rings (SSSR count). The summed E-state index contributed by atoms with van der Waals surface area (Å²) in [6, 6.07) is 4.52. The summed E-state index contributed by atoms with van der Waals surface area (Å²) in [5.74, 6) is -1.73. The van der Waals surface area contributed by atoms with Crippen LogP contribution in [0.4, 0.5) is 10.5 Å². The van der Waals surface area contributed by atoms with Crippen LogP contribution in [0.5, 0.6) is 0 Å². The molecular weight excluding hydrogens is 265 g/mol. The molecule has 1 aromatic carbocycles. The molecule has 0 aliphatic rings. The van der Waals surface area contributed by atoms with E-state index in [2.05, 4.69) is 16.6 Å². The van der Waals surface area contributed by atoms with Crippen molar-refractivity contribution in [2.24, 2.45) is 0 Å². The lowest BCUT2D eigenvalue weighted by Gasteiger charge is -2.19. The normalized spacial score (nSPS) is 13.6. The molecule has 2 N–H and O–H groups in total. The maximum atomic E-state index is 11.4. The van der Waals surface area contributed by atoms with Crippen LogP contribution in [-0.2, 0) is 4.74 Å². The average molecular weight is 276 g/mol. The van der Waals surface area contributed by atoms with Gasteiger partial charge in [0.25, 0.3) is 0 Å². The van der Waals surface area contributed by atoms with Crippen molar-refractivity contribution in [3.05, 3.63) is 40.9 Å². The van der Waals surface area contributed by atoms with Crippen LogP contribution in [0, 0.1) is 0 Å². The highest BCUT2D eigenvalue weighted by Crippen LogP contribution is 2.22. The Labute approximate surface area is 109 Å². The third kappa shape index (κ3) is 4.65. The topological polar surface area (TPSA) is 58.6 Å². The van der Waals surface area contributed by atoms with Gasteiger partial charge in [-0.2, -0.15) is 0 Å². The van der Waals surface area contributed by atoms with E-state index in [-0.39, 0.29) is 0 Å². The average Bonchev–Trinajstić information content (AvgIpc) is 2.14. The summed E-state index contributed by atoms with van der Waals surface area (Å²) in [4.78, 5) is 11.4. The molecule has 0 heterocycles. The first-order chi connectivity index (χ1) is 7.82. The Hall–Kier alpha value is -1.23. The fraction of sp³-hybridized carbons (Fsp3) is 0.182. The van der Waals surface area contributed by atoms with Gasteiger partial charge in [-0.15, -0.1) is 0 Å². The second-order valence-corrected chi connectivity index (χ2v) is 4.30. The molecule has 92 valence electrons. The number of carbonyl (C=O) groups excluding carboxylic acids is 1. The van der Waals surface area contributed by atoms with Crippen LogP contribution in [0.15, 0.2) is 30.9 Å². The molecule has 17 heavy (non-hydrogen) atoms. The minimum Gasteiger partial charge on any atom is -0.413 e. The summed E-state index contributed by atoms with van der Waals surface area (Å²) in [6.07, 6.45) is 0.255. The molecule has 4 nitrogen and oxygen atoms in total. The van der Waals surface area contributed by atoms with Gasteiger partial charge in [0.05, 0.1) is 0 Å². The summed E-state index contributed by atoms with van der Waals surface area (Å²) in [5, 5.41) is 12.6. The first-order valence-electron chi connectivity index (χ1n) is 4.64. The molecule has 0 radical (unpaired) electrons. The summed E-state index contributed by atoms with van der Waals surface area (Å²) in [5.41, 5.74) is 0.368. The van der Waals surface area contributed by atoms with Gasteiger partial charge in [-0.05, 0) is 24.3 Å². The largest absolute Gasteiger partial charge is 0.414 e. The number of anilines is 1. The molecular formula is C11H11Cl2NO3. The molecule has 0 saturated carbocycles. The van der Waals surface area contributed by atoms with Crippen molar-refractivity contribution in [1.82, 2.24) is 0 Å². The van der Waals surface area contributed by atoms with Crippen molar-refractivity contribution in [2.45, 2.75) is 12.7 Å². The van der Waals surface area contributed by atoms with E-state index in [0.717, 1.165) is 6.08 Å². The number of carbonyl (C=O) groups is 1. The van der Waals surface area contributed by atoms with E-state index in [1.165, 1.54) is 25.1 Å². The fourth-order valence-corrected chi connectivity index (χ4v) is 1.52. The van der Waals surface area contributed by atoms with Gasteiger partial charge in [0.2, 0.25) is 5.79 Å². The third-order valence-corrected chi connectivity index (χ3v) is 2.22. The van der Waals surface area contributed by atoms with Crippen molar-refractivity contribution < 1.29 is 14.6 Å². The molecule has 1 atom stereocenters. The van der Waals surface area contributed by atoms with Crippen molar-refractivity contribution in [1.29, 1.82) is 0 Å². The first-order valence-corrected chi connectivity index (χ1v) is 5.40. The van der Waals surface area contributed by atoms with Crippen LogP contribution >= 0.6 is 23.2 Å². The summed E-state index contributed by atoms with van der Waals surface area (Å²) in [6.45, 7) is 4.61. The summed E-state index contributed by atoms with van der Waals surface area (Å²) in [7, 11) is 0. The van der Waals surface area contributed by atoms with Gasteiger partial charge < -0.3 is 9.84 Å². The van der Waals surface area contributed by atoms with E-state index >= 15 is 0 Å². The Balaban J connectivity index is 2.71. The van der Waals surface area contributed by atoms with E-state index in [1.54, 1.807) is 0 Å². The predicted molar refractivity (Wildman–Crippen MR) is 67.4 cm³/mol. The van der Waals surface area contributed by atoms with Gasteiger partial charge in [0, 0.05) is 22.7 Å². The van der Waals surface area contributed by atoms with Crippen LogP contribution in [0.2, 0.25) is 10.0 Å². The molecule has 0 fully saturated rings. The lowest BCUT2D eigenvalue weighted by atomic mass is 10.3. The lowest BCUT2D eigenvalue weighted by Crippen LogP contribution is -2.31. The van der Waals surface area contributed by atoms with E-state index in [0.29, 0.717) is 15.7 Å². The van der Waals surface area contributed by atoms with Crippen molar-refractivity contribution in [3.63, 3.8) is 0 Å². The second-order valence-electron chi connectivity index (χ2n) is 3.43. The Morgan fingerprint density at radius 1 is 1.47 bits per heavy atom. The number of benzene rings is 1. The second kappa shape index (κ2) is 5.40. The molecule has 1 amide bonds. The highest BCUT2D eigenvalue weighted by atomic mass is 35.5. The van der Waals surface area contributed by atoms with Crippen LogP contribution in [0.3, 0.4) is 0 Å². The number of nitrogens with one attached hydrogen (secondary N) is 1. The SMILES string of the molecule is C=CC(C)(O)OC(=O)Nc1cc(Cl)cc(Cl)c1. The number of ether oxygens (including phenoxy) is 1. The Morgan fingerprint density at radius 3 is 2.47 bits per heavy atom. The van der Waals surface area contributed by atoms with Crippen molar-refractivity contribution in [2.75, 3.05) is 5.32 Å². The van der Waals surface area contributed by atoms with E-state index in [4.69, 9.17) is 23.2 Å². The van der Waals surface area contributed by atoms with Crippen molar-refractivity contribution >= 4 is 35.0 Å². The molecule has 0 aromatic heterocycles. The van der Waals surface area contributed by atoms with E-state index in [9.17, 15) is 9.90 Å². The van der Waals surface area contributed by atoms with Crippen LogP contribution in [0.25, 0.3) is 0 Å². The molecule has 0 saturated heterocycles. The quantitative estimate of drug-likeness (QED) is 0.656. The number of halogens is 2.